The van der Waals surface area contributed by atoms with Gasteiger partial charge >= 0.3 is 356 Å². The van der Waals surface area contributed by atoms with Crippen molar-refractivity contribution in [3.8, 4) is 22.3 Å². The average Bonchev–Trinajstić information content (AvgIpc) is 3.74. The molecule has 282 valence electrons. The van der Waals surface area contributed by atoms with Crippen molar-refractivity contribution >= 4 is 33.1 Å². The summed E-state index contributed by atoms with van der Waals surface area (Å²) in [4.78, 5) is 0. The molecule has 0 aliphatic heterocycles. The van der Waals surface area contributed by atoms with Gasteiger partial charge in [0.25, 0.3) is 0 Å². The van der Waals surface area contributed by atoms with E-state index in [1.807, 2.05) is 0 Å². The summed E-state index contributed by atoms with van der Waals surface area (Å²) in [6, 6.07) is 58.8. The van der Waals surface area contributed by atoms with E-state index < -0.39 is 28.3 Å². The molecule has 9 rings (SSSR count). The third-order valence-corrected chi connectivity index (χ3v) is 26.6. The van der Waals surface area contributed by atoms with Gasteiger partial charge in [-0.1, -0.05) is 0 Å². The fraction of sp³-hybridized carbons (Fsp3) is 0.236. The van der Waals surface area contributed by atoms with Crippen molar-refractivity contribution in [2.45, 2.75) is 81.7 Å². The molecular weight excluding hydrogens is 780 g/mol. The van der Waals surface area contributed by atoms with Crippen molar-refractivity contribution in [1.82, 2.24) is 0 Å². The summed E-state index contributed by atoms with van der Waals surface area (Å²) in [5.74, 6) is -1.28. The second-order valence-corrected chi connectivity index (χ2v) is 29.0. The Bertz CT molecular complexity index is 2590. The summed E-state index contributed by atoms with van der Waals surface area (Å²) >= 11 is -1.16. The van der Waals surface area contributed by atoms with E-state index in [1.165, 1.54) is 55.3 Å². The molecule has 2 aliphatic carbocycles. The van der Waals surface area contributed by atoms with Gasteiger partial charge in [0, 0.05) is 0 Å². The quantitative estimate of drug-likeness (QED) is 0.134. The van der Waals surface area contributed by atoms with Crippen LogP contribution in [0.1, 0.15) is 110 Å². The zero-order valence-electron chi connectivity index (χ0n) is 34.7. The van der Waals surface area contributed by atoms with Crippen LogP contribution in [0.25, 0.3) is 39.1 Å². The molecule has 0 nitrogen and oxygen atoms in total. The Kier molecular flexibility index (Phi) is 10.1. The Morgan fingerprint density at radius 2 is 1.18 bits per heavy atom. The molecule has 0 fully saturated rings. The van der Waals surface area contributed by atoms with E-state index in [0.29, 0.717) is 3.63 Å². The Morgan fingerprint density at radius 3 is 1.86 bits per heavy atom. The monoisotopic (exact) mass is 832 g/mol. The summed E-state index contributed by atoms with van der Waals surface area (Å²) in [5, 5.41) is 5.83. The Balaban J connectivity index is 1.32. The van der Waals surface area contributed by atoms with Gasteiger partial charge in [-0.3, -0.25) is 0 Å². The Labute approximate surface area is 353 Å². The molecule has 0 aromatic heterocycles. The topological polar surface area (TPSA) is 0 Å². The van der Waals surface area contributed by atoms with Crippen LogP contribution >= 0.6 is 0 Å². The van der Waals surface area contributed by atoms with Crippen LogP contribution in [0.5, 0.6) is 0 Å². The molecular formula is C55H54SiZr. The first-order valence-corrected chi connectivity index (χ1v) is 28.4. The van der Waals surface area contributed by atoms with Crippen LogP contribution in [0.2, 0.25) is 0 Å². The molecule has 2 atom stereocenters. The van der Waals surface area contributed by atoms with Gasteiger partial charge in [0.1, 0.15) is 0 Å². The molecule has 0 heterocycles. The number of benzene rings is 7. The fourth-order valence-corrected chi connectivity index (χ4v) is 24.5. The molecule has 2 heteroatoms. The average molecular weight is 834 g/mol. The Hall–Kier alpha value is -4.36. The van der Waals surface area contributed by atoms with E-state index >= 15 is 0 Å². The van der Waals surface area contributed by atoms with Gasteiger partial charge in [-0.25, -0.2) is 0 Å². The van der Waals surface area contributed by atoms with Crippen molar-refractivity contribution in [2.24, 2.45) is 0 Å². The van der Waals surface area contributed by atoms with Gasteiger partial charge < -0.3 is 0 Å². The normalized spacial score (nSPS) is 16.0. The molecule has 0 saturated heterocycles. The first-order valence-electron chi connectivity index (χ1n) is 21.0. The van der Waals surface area contributed by atoms with Gasteiger partial charge in [0.2, 0.25) is 0 Å². The van der Waals surface area contributed by atoms with E-state index in [1.54, 1.807) is 32.6 Å². The summed E-state index contributed by atoms with van der Waals surface area (Å²) in [6.45, 7) is 16.9. The van der Waals surface area contributed by atoms with E-state index in [2.05, 4.69) is 206 Å². The molecule has 0 bridgehead atoms. The van der Waals surface area contributed by atoms with Crippen LogP contribution in [0.4, 0.5) is 0 Å². The zero-order chi connectivity index (χ0) is 39.5. The predicted octanol–water partition coefficient (Wildman–Crippen LogP) is 13.1. The van der Waals surface area contributed by atoms with E-state index in [-0.39, 0.29) is 16.7 Å². The Morgan fingerprint density at radius 1 is 0.544 bits per heavy atom. The van der Waals surface area contributed by atoms with Crippen molar-refractivity contribution < 1.29 is 22.4 Å². The number of allylic oxidation sites excluding steroid dienone is 1. The fourth-order valence-electron chi connectivity index (χ4n) is 9.84. The van der Waals surface area contributed by atoms with E-state index in [4.69, 9.17) is 0 Å². The molecule has 0 amide bonds. The summed E-state index contributed by atoms with van der Waals surface area (Å²) in [7, 11) is 0. The van der Waals surface area contributed by atoms with Crippen LogP contribution < -0.4 is 10.4 Å². The van der Waals surface area contributed by atoms with Crippen molar-refractivity contribution in [1.29, 1.82) is 0 Å². The third kappa shape index (κ3) is 6.92. The molecule has 57 heavy (non-hydrogen) atoms. The van der Waals surface area contributed by atoms with E-state index in [0.717, 1.165) is 12.8 Å². The molecule has 0 saturated carbocycles. The van der Waals surface area contributed by atoms with Crippen LogP contribution in [0.15, 0.2) is 157 Å². The molecule has 0 N–H and O–H groups in total. The molecule has 7 aromatic rings. The minimum atomic E-state index is -1.51. The number of rotatable bonds is 8. The van der Waals surface area contributed by atoms with Crippen molar-refractivity contribution in [3.63, 3.8) is 0 Å². The second kappa shape index (κ2) is 15.1. The van der Waals surface area contributed by atoms with Gasteiger partial charge in [-0.05, 0) is 0 Å². The van der Waals surface area contributed by atoms with Crippen LogP contribution in [-0.4, -0.2) is 5.92 Å². The number of hydrogen-bond donors (Lipinski definition) is 0. The number of hydrogen-bond acceptors (Lipinski definition) is 0. The van der Waals surface area contributed by atoms with E-state index in [9.17, 15) is 0 Å². The summed E-state index contributed by atoms with van der Waals surface area (Å²) in [6.07, 6.45) is 4.84. The summed E-state index contributed by atoms with van der Waals surface area (Å²) < 4.78 is 0.462. The van der Waals surface area contributed by atoms with Crippen LogP contribution in [0, 0.1) is 0 Å². The number of fused-ring (bicyclic) bond motifs is 5. The molecule has 2 unspecified atom stereocenters. The van der Waals surface area contributed by atoms with Gasteiger partial charge in [0.05, 0.1) is 0 Å². The van der Waals surface area contributed by atoms with Gasteiger partial charge in [0.15, 0.2) is 0 Å². The summed E-state index contributed by atoms with van der Waals surface area (Å²) in [5.41, 5.74) is 18.0. The van der Waals surface area contributed by atoms with Gasteiger partial charge in [-0.2, -0.15) is 0 Å². The van der Waals surface area contributed by atoms with Gasteiger partial charge in [-0.15, -0.1) is 0 Å². The maximum absolute atomic E-state index is 2.65. The molecule has 0 radical (unpaired) electrons. The van der Waals surface area contributed by atoms with Crippen LogP contribution in [-0.2, 0) is 33.2 Å². The van der Waals surface area contributed by atoms with Crippen LogP contribution in [0.3, 0.4) is 0 Å². The minimum absolute atomic E-state index is 0.0195. The second-order valence-electron chi connectivity index (χ2n) is 18.4. The first-order chi connectivity index (χ1) is 27.5. The third-order valence-electron chi connectivity index (χ3n) is 12.6. The van der Waals surface area contributed by atoms with Crippen molar-refractivity contribution in [2.75, 3.05) is 0 Å². The molecule has 7 aromatic carbocycles. The first kappa shape index (κ1) is 38.2. The molecule has 0 spiro atoms. The standard InChI is InChI=1S/C43H43.C12H11Si.Zr/c1-8-13-28-25-37-34(33-17-11-15-27-14-9-10-16-31(27)33)18-12-19-36(37)40(28)41-38-26-29-24-30(42(2,3)4)20-21-32(29)35(38)22-23-39(41)43(5,6)7;1-3-7-11(8-4-1)13-12-9-5-2-6-10-12;/h9-12,14-26,40H,8,13H2,1-7H3;1-10,13H;. The predicted molar refractivity (Wildman–Crippen MR) is 245 cm³/mol. The maximum atomic E-state index is 2.65. The zero-order valence-corrected chi connectivity index (χ0v) is 38.3. The van der Waals surface area contributed by atoms with Crippen molar-refractivity contribution in [3.05, 3.63) is 196 Å². The molecule has 2 aliphatic rings. The SMILES string of the molecule is CCCC1=Cc2c(-c3cccc4ccccc34)cccc2C1c1c(C(C)(C)C)ccc2c1[CH]([Zr][SiH](c1ccccc1)c1ccccc1)c1cc(C(C)(C)C)ccc1-2.